The van der Waals surface area contributed by atoms with Crippen LogP contribution in [0.25, 0.3) is 0 Å². The van der Waals surface area contributed by atoms with E-state index in [1.807, 2.05) is 56.3 Å². The number of phenolic OH excluding ortho intramolecular Hbond substituents is 1. The third-order valence-corrected chi connectivity index (χ3v) is 5.08. The average molecular weight is 410 g/mol. The van der Waals surface area contributed by atoms with Crippen LogP contribution >= 0.6 is 0 Å². The molecule has 1 aliphatic rings. The molecule has 0 unspecified atom stereocenters. The molecule has 0 radical (unpaired) electrons. The second kappa shape index (κ2) is 10.5. The van der Waals surface area contributed by atoms with Gasteiger partial charge >= 0.3 is 0 Å². The number of benzene rings is 2. The van der Waals surface area contributed by atoms with Crippen molar-refractivity contribution in [3.8, 4) is 5.75 Å². The minimum absolute atomic E-state index is 0.0739. The van der Waals surface area contributed by atoms with Crippen LogP contribution in [-0.4, -0.2) is 67.7 Å². The van der Waals surface area contributed by atoms with Gasteiger partial charge in [0.2, 0.25) is 0 Å². The molecule has 1 amide bonds. The van der Waals surface area contributed by atoms with Gasteiger partial charge in [-0.05, 0) is 38.1 Å². The molecular formula is C23H31N5O2. The van der Waals surface area contributed by atoms with E-state index in [1.165, 1.54) is 0 Å². The molecule has 2 aromatic rings. The quantitative estimate of drug-likeness (QED) is 0.387. The highest BCUT2D eigenvalue weighted by Gasteiger charge is 2.21. The normalized spacial score (nSPS) is 14.5. The minimum Gasteiger partial charge on any atom is -0.506 e. The smallest absolute Gasteiger partial charge is 0.251 e. The number of hydrogen-bond acceptors (Lipinski definition) is 4. The number of hydrogen-bond donors (Lipinski definition) is 3. The maximum Gasteiger partial charge on any atom is 0.251 e. The number of piperazine rings is 1. The lowest BCUT2D eigenvalue weighted by molar-refractivity contribution is 0.0954. The van der Waals surface area contributed by atoms with Gasteiger partial charge in [0.25, 0.3) is 5.91 Å². The zero-order valence-electron chi connectivity index (χ0n) is 17.8. The van der Waals surface area contributed by atoms with Gasteiger partial charge in [-0.2, -0.15) is 0 Å². The third kappa shape index (κ3) is 5.65. The average Bonchev–Trinajstić information content (AvgIpc) is 2.76. The van der Waals surface area contributed by atoms with Crippen molar-refractivity contribution in [3.63, 3.8) is 0 Å². The van der Waals surface area contributed by atoms with Crippen LogP contribution in [0.15, 0.2) is 53.5 Å². The van der Waals surface area contributed by atoms with E-state index in [2.05, 4.69) is 25.4 Å². The molecule has 0 saturated carbocycles. The molecule has 2 aromatic carbocycles. The zero-order valence-corrected chi connectivity index (χ0v) is 17.8. The standard InChI is InChI=1S/C23H31N5O2/c1-3-24-23(26-12-11-25-22(30)19-8-6-7-18(2)17-19)28-15-13-27(14-16-28)20-9-4-5-10-21(20)29/h4-10,17,29H,3,11-16H2,1-2H3,(H,24,26)(H,25,30). The Bertz CT molecular complexity index is 875. The van der Waals surface area contributed by atoms with E-state index in [4.69, 9.17) is 0 Å². The van der Waals surface area contributed by atoms with Crippen LogP contribution in [0.2, 0.25) is 0 Å². The maximum absolute atomic E-state index is 12.3. The summed E-state index contributed by atoms with van der Waals surface area (Å²) >= 11 is 0. The van der Waals surface area contributed by atoms with Crippen LogP contribution in [0.4, 0.5) is 5.69 Å². The molecular weight excluding hydrogens is 378 g/mol. The number of rotatable bonds is 6. The Morgan fingerprint density at radius 3 is 2.53 bits per heavy atom. The Morgan fingerprint density at radius 2 is 1.83 bits per heavy atom. The summed E-state index contributed by atoms with van der Waals surface area (Å²) in [5, 5.41) is 16.4. The zero-order chi connectivity index (χ0) is 21.3. The van der Waals surface area contributed by atoms with E-state index in [9.17, 15) is 9.90 Å². The number of guanidine groups is 1. The first kappa shape index (κ1) is 21.5. The minimum atomic E-state index is -0.0739. The van der Waals surface area contributed by atoms with Crippen molar-refractivity contribution in [2.75, 3.05) is 50.7 Å². The molecule has 1 saturated heterocycles. The van der Waals surface area contributed by atoms with Gasteiger partial charge in [0.15, 0.2) is 5.96 Å². The lowest BCUT2D eigenvalue weighted by atomic mass is 10.1. The van der Waals surface area contributed by atoms with E-state index >= 15 is 0 Å². The lowest BCUT2D eigenvalue weighted by Crippen LogP contribution is -2.52. The number of phenols is 1. The number of aliphatic imine (C=N–C) groups is 1. The maximum atomic E-state index is 12.3. The summed E-state index contributed by atoms with van der Waals surface area (Å²) in [5.41, 5.74) is 2.61. The van der Waals surface area contributed by atoms with Gasteiger partial charge in [0.05, 0.1) is 12.2 Å². The van der Waals surface area contributed by atoms with E-state index in [0.29, 0.717) is 24.4 Å². The van der Waals surface area contributed by atoms with Crippen molar-refractivity contribution < 1.29 is 9.90 Å². The molecule has 1 fully saturated rings. The molecule has 3 N–H and O–H groups in total. The number of amides is 1. The Morgan fingerprint density at radius 1 is 1.07 bits per heavy atom. The molecule has 0 spiro atoms. The van der Waals surface area contributed by atoms with E-state index < -0.39 is 0 Å². The van der Waals surface area contributed by atoms with E-state index in [1.54, 1.807) is 6.07 Å². The Labute approximate surface area is 178 Å². The van der Waals surface area contributed by atoms with Gasteiger partial charge in [0, 0.05) is 44.8 Å². The van der Waals surface area contributed by atoms with Gasteiger partial charge < -0.3 is 25.5 Å². The second-order valence-corrected chi connectivity index (χ2v) is 7.32. The summed E-state index contributed by atoms with van der Waals surface area (Å²) in [6, 6.07) is 15.0. The first-order valence-corrected chi connectivity index (χ1v) is 10.5. The predicted octanol–water partition coefficient (Wildman–Crippen LogP) is 2.22. The fourth-order valence-corrected chi connectivity index (χ4v) is 3.54. The van der Waals surface area contributed by atoms with Crippen molar-refractivity contribution in [3.05, 3.63) is 59.7 Å². The molecule has 0 aromatic heterocycles. The molecule has 0 bridgehead atoms. The van der Waals surface area contributed by atoms with Gasteiger partial charge in [0.1, 0.15) is 5.75 Å². The third-order valence-electron chi connectivity index (χ3n) is 5.08. The number of anilines is 1. The monoisotopic (exact) mass is 409 g/mol. The van der Waals surface area contributed by atoms with Crippen LogP contribution in [0.3, 0.4) is 0 Å². The molecule has 7 heteroatoms. The fourth-order valence-electron chi connectivity index (χ4n) is 3.54. The molecule has 1 aliphatic heterocycles. The van der Waals surface area contributed by atoms with Crippen molar-refractivity contribution >= 4 is 17.6 Å². The lowest BCUT2D eigenvalue weighted by Gasteiger charge is -2.37. The summed E-state index contributed by atoms with van der Waals surface area (Å²) in [5.74, 6) is 1.10. The number of carbonyl (C=O) groups excluding carboxylic acids is 1. The number of aryl methyl sites for hydroxylation is 1. The van der Waals surface area contributed by atoms with Crippen molar-refractivity contribution in [1.82, 2.24) is 15.5 Å². The molecule has 0 aliphatic carbocycles. The molecule has 0 atom stereocenters. The largest absolute Gasteiger partial charge is 0.506 e. The first-order valence-electron chi connectivity index (χ1n) is 10.5. The Hall–Kier alpha value is -3.22. The number of para-hydroxylation sites is 2. The van der Waals surface area contributed by atoms with E-state index in [0.717, 1.165) is 49.9 Å². The van der Waals surface area contributed by atoms with Crippen LogP contribution in [0, 0.1) is 6.92 Å². The number of nitrogens with zero attached hydrogens (tertiary/aromatic N) is 3. The highest BCUT2D eigenvalue weighted by Crippen LogP contribution is 2.27. The topological polar surface area (TPSA) is 80.2 Å². The molecule has 160 valence electrons. The predicted molar refractivity (Wildman–Crippen MR) is 121 cm³/mol. The van der Waals surface area contributed by atoms with Crippen molar-refractivity contribution in [1.29, 1.82) is 0 Å². The number of aromatic hydroxyl groups is 1. The Balaban J connectivity index is 1.51. The summed E-state index contributed by atoms with van der Waals surface area (Å²) in [6.45, 7) is 9.06. The second-order valence-electron chi connectivity index (χ2n) is 7.32. The van der Waals surface area contributed by atoms with Gasteiger partial charge in [-0.3, -0.25) is 9.79 Å². The van der Waals surface area contributed by atoms with Crippen LogP contribution < -0.4 is 15.5 Å². The van der Waals surface area contributed by atoms with Crippen LogP contribution in [0.1, 0.15) is 22.8 Å². The van der Waals surface area contributed by atoms with Crippen molar-refractivity contribution in [2.45, 2.75) is 13.8 Å². The molecule has 30 heavy (non-hydrogen) atoms. The summed E-state index contributed by atoms with van der Waals surface area (Å²) in [4.78, 5) is 21.4. The van der Waals surface area contributed by atoms with E-state index in [-0.39, 0.29) is 5.91 Å². The molecule has 1 heterocycles. The molecule has 7 nitrogen and oxygen atoms in total. The van der Waals surface area contributed by atoms with Gasteiger partial charge in [-0.1, -0.05) is 29.8 Å². The SMILES string of the molecule is CCNC(=NCCNC(=O)c1cccc(C)c1)N1CCN(c2ccccc2O)CC1. The number of carbonyl (C=O) groups is 1. The summed E-state index contributed by atoms with van der Waals surface area (Å²) in [7, 11) is 0. The van der Waals surface area contributed by atoms with Crippen LogP contribution in [0.5, 0.6) is 5.75 Å². The fraction of sp³-hybridized carbons (Fsp3) is 0.391. The first-order chi connectivity index (χ1) is 14.6. The number of nitrogens with one attached hydrogen (secondary N) is 2. The highest BCUT2D eigenvalue weighted by atomic mass is 16.3. The van der Waals surface area contributed by atoms with Gasteiger partial charge in [-0.25, -0.2) is 0 Å². The Kier molecular flexibility index (Phi) is 7.54. The highest BCUT2D eigenvalue weighted by molar-refractivity contribution is 5.94. The molecule has 3 rings (SSSR count). The van der Waals surface area contributed by atoms with Crippen molar-refractivity contribution in [2.24, 2.45) is 4.99 Å². The summed E-state index contributed by atoms with van der Waals surface area (Å²) in [6.07, 6.45) is 0. The van der Waals surface area contributed by atoms with Gasteiger partial charge in [-0.15, -0.1) is 0 Å². The van der Waals surface area contributed by atoms with Crippen LogP contribution in [-0.2, 0) is 0 Å². The summed E-state index contributed by atoms with van der Waals surface area (Å²) < 4.78 is 0.